The van der Waals surface area contributed by atoms with Crippen molar-refractivity contribution in [1.82, 2.24) is 4.90 Å². The Morgan fingerprint density at radius 2 is 2.10 bits per heavy atom. The van der Waals surface area contributed by atoms with Crippen molar-refractivity contribution in [3.05, 3.63) is 29.3 Å². The van der Waals surface area contributed by atoms with Crippen LogP contribution in [0.2, 0.25) is 0 Å². The molecule has 2 aliphatic heterocycles. The fraction of sp³-hybridized carbons (Fsp3) is 0.667. The average Bonchev–Trinajstić information content (AvgIpc) is 2.54. The van der Waals surface area contributed by atoms with E-state index in [9.17, 15) is 0 Å². The lowest BCUT2D eigenvalue weighted by Crippen LogP contribution is -2.56. The van der Waals surface area contributed by atoms with Crippen LogP contribution in [0.25, 0.3) is 0 Å². The molecule has 1 aromatic rings. The summed E-state index contributed by atoms with van der Waals surface area (Å²) in [5.41, 5.74) is 9.00. The van der Waals surface area contributed by atoms with Gasteiger partial charge in [-0.2, -0.15) is 0 Å². The van der Waals surface area contributed by atoms with E-state index in [-0.39, 0.29) is 5.54 Å². The van der Waals surface area contributed by atoms with Gasteiger partial charge in [0.05, 0.1) is 12.1 Å². The van der Waals surface area contributed by atoms with E-state index in [0.29, 0.717) is 6.54 Å². The lowest BCUT2D eigenvalue weighted by molar-refractivity contribution is 0.0227. The zero-order valence-corrected chi connectivity index (χ0v) is 13.4. The molecular formula is C18H28N2O. The van der Waals surface area contributed by atoms with Gasteiger partial charge in [-0.15, -0.1) is 0 Å². The molecule has 1 saturated heterocycles. The van der Waals surface area contributed by atoms with Gasteiger partial charge in [-0.05, 0) is 49.9 Å². The van der Waals surface area contributed by atoms with Crippen LogP contribution in [0.3, 0.4) is 0 Å². The molecule has 0 spiro atoms. The molecule has 1 unspecified atom stereocenters. The molecule has 0 amide bonds. The van der Waals surface area contributed by atoms with Gasteiger partial charge in [0.2, 0.25) is 0 Å². The van der Waals surface area contributed by atoms with E-state index in [1.165, 1.54) is 24.0 Å². The monoisotopic (exact) mass is 288 g/mol. The second-order valence-corrected chi connectivity index (χ2v) is 6.69. The molecule has 3 rings (SSSR count). The highest BCUT2D eigenvalue weighted by molar-refractivity contribution is 5.44. The molecule has 1 aromatic carbocycles. The Labute approximate surface area is 128 Å². The number of nitrogens with two attached hydrogens (primary N) is 1. The normalized spacial score (nSPS) is 27.2. The smallest absolute Gasteiger partial charge is 0.124 e. The highest BCUT2D eigenvalue weighted by Crippen LogP contribution is 2.42. The summed E-state index contributed by atoms with van der Waals surface area (Å²) in [6.07, 6.45) is 4.64. The van der Waals surface area contributed by atoms with Crippen LogP contribution in [0, 0.1) is 5.92 Å². The quantitative estimate of drug-likeness (QED) is 0.929. The molecular weight excluding hydrogens is 260 g/mol. The molecule has 1 fully saturated rings. The first-order valence-electron chi connectivity index (χ1n) is 8.41. The van der Waals surface area contributed by atoms with Gasteiger partial charge in [0.1, 0.15) is 5.75 Å². The van der Waals surface area contributed by atoms with E-state index in [2.05, 4.69) is 36.9 Å². The molecule has 2 N–H and O–H groups in total. The van der Waals surface area contributed by atoms with Crippen molar-refractivity contribution in [3.63, 3.8) is 0 Å². The minimum absolute atomic E-state index is 0.0150. The fourth-order valence-corrected chi connectivity index (χ4v) is 3.86. The second kappa shape index (κ2) is 5.98. The van der Waals surface area contributed by atoms with Crippen LogP contribution < -0.4 is 10.5 Å². The number of aryl methyl sites for hydroxylation is 1. The summed E-state index contributed by atoms with van der Waals surface area (Å²) in [5.74, 6) is 1.89. The molecule has 0 aromatic heterocycles. The van der Waals surface area contributed by atoms with Crippen molar-refractivity contribution in [1.29, 1.82) is 0 Å². The number of fused-ring (bicyclic) bond motifs is 1. The largest absolute Gasteiger partial charge is 0.493 e. The van der Waals surface area contributed by atoms with E-state index >= 15 is 0 Å². The maximum atomic E-state index is 6.31. The van der Waals surface area contributed by atoms with Crippen molar-refractivity contribution in [2.75, 3.05) is 26.2 Å². The fourth-order valence-electron chi connectivity index (χ4n) is 3.86. The van der Waals surface area contributed by atoms with Crippen molar-refractivity contribution >= 4 is 0 Å². The molecule has 3 nitrogen and oxygen atoms in total. The number of hydrogen-bond acceptors (Lipinski definition) is 3. The topological polar surface area (TPSA) is 38.5 Å². The van der Waals surface area contributed by atoms with Gasteiger partial charge in [0.25, 0.3) is 0 Å². The number of hydrogen-bond donors (Lipinski definition) is 1. The van der Waals surface area contributed by atoms with E-state index < -0.39 is 0 Å². The van der Waals surface area contributed by atoms with Gasteiger partial charge in [-0.3, -0.25) is 4.90 Å². The summed E-state index contributed by atoms with van der Waals surface area (Å²) in [4.78, 5) is 2.63. The molecule has 3 heteroatoms. The number of piperidine rings is 1. The maximum absolute atomic E-state index is 6.31. The van der Waals surface area contributed by atoms with Crippen LogP contribution >= 0.6 is 0 Å². The molecule has 0 bridgehead atoms. The number of rotatable bonds is 3. The second-order valence-electron chi connectivity index (χ2n) is 6.69. The molecule has 0 saturated carbocycles. The number of ether oxygens (including phenoxy) is 1. The maximum Gasteiger partial charge on any atom is 0.124 e. The minimum atomic E-state index is -0.0150. The van der Waals surface area contributed by atoms with Gasteiger partial charge in [-0.1, -0.05) is 26.0 Å². The summed E-state index contributed by atoms with van der Waals surface area (Å²) in [5, 5.41) is 0. The molecule has 0 aliphatic carbocycles. The Hall–Kier alpha value is -1.06. The van der Waals surface area contributed by atoms with Gasteiger partial charge >= 0.3 is 0 Å². The van der Waals surface area contributed by atoms with E-state index in [1.807, 2.05) is 0 Å². The van der Waals surface area contributed by atoms with Gasteiger partial charge in [0.15, 0.2) is 0 Å². The predicted molar refractivity (Wildman–Crippen MR) is 86.6 cm³/mol. The first kappa shape index (κ1) is 14.9. The molecule has 1 atom stereocenters. The number of nitrogens with zero attached hydrogens (tertiary/aromatic N) is 1. The lowest BCUT2D eigenvalue weighted by Gasteiger charge is -2.49. The third kappa shape index (κ3) is 2.58. The van der Waals surface area contributed by atoms with Gasteiger partial charge in [-0.25, -0.2) is 0 Å². The standard InChI is InChI=1S/C18H28N2O/c1-3-15-4-5-17-16(12-15)18(13-19,8-11-21-17)20-9-6-14(2)7-10-20/h4-5,12,14H,3,6-11,13,19H2,1-2H3. The van der Waals surface area contributed by atoms with Gasteiger partial charge < -0.3 is 10.5 Å². The lowest BCUT2D eigenvalue weighted by atomic mass is 9.80. The van der Waals surface area contributed by atoms with Crippen molar-refractivity contribution in [2.45, 2.75) is 45.1 Å². The molecule has 21 heavy (non-hydrogen) atoms. The zero-order chi connectivity index (χ0) is 14.9. The van der Waals surface area contributed by atoms with Crippen molar-refractivity contribution in [2.24, 2.45) is 11.7 Å². The first-order valence-corrected chi connectivity index (χ1v) is 8.41. The Bertz CT molecular complexity index is 494. The SMILES string of the molecule is CCc1ccc2c(c1)C(CN)(N1CCC(C)CC1)CCO2. The van der Waals surface area contributed by atoms with E-state index in [4.69, 9.17) is 10.5 Å². The highest BCUT2D eigenvalue weighted by atomic mass is 16.5. The van der Waals surface area contributed by atoms with Crippen molar-refractivity contribution in [3.8, 4) is 5.75 Å². The molecule has 2 heterocycles. The molecule has 0 radical (unpaired) electrons. The predicted octanol–water partition coefficient (Wildman–Crippen LogP) is 2.92. The Balaban J connectivity index is 1.99. The Morgan fingerprint density at radius 1 is 1.33 bits per heavy atom. The van der Waals surface area contributed by atoms with Crippen LogP contribution in [-0.4, -0.2) is 31.1 Å². The minimum Gasteiger partial charge on any atom is -0.493 e. The van der Waals surface area contributed by atoms with Crippen LogP contribution in [0.15, 0.2) is 18.2 Å². The summed E-state index contributed by atoms with van der Waals surface area (Å²) in [6, 6.07) is 6.66. The van der Waals surface area contributed by atoms with E-state index in [0.717, 1.165) is 44.2 Å². The summed E-state index contributed by atoms with van der Waals surface area (Å²) in [6.45, 7) is 8.35. The van der Waals surface area contributed by atoms with Crippen molar-refractivity contribution < 1.29 is 4.74 Å². The third-order valence-electron chi connectivity index (χ3n) is 5.45. The van der Waals surface area contributed by atoms with Gasteiger partial charge in [0, 0.05) is 18.5 Å². The van der Waals surface area contributed by atoms with Crippen LogP contribution in [0.4, 0.5) is 0 Å². The average molecular weight is 288 g/mol. The highest BCUT2D eigenvalue weighted by Gasteiger charge is 2.42. The summed E-state index contributed by atoms with van der Waals surface area (Å²) in [7, 11) is 0. The van der Waals surface area contributed by atoms with Crippen LogP contribution in [0.1, 0.15) is 44.2 Å². The first-order chi connectivity index (χ1) is 10.2. The number of benzene rings is 1. The zero-order valence-electron chi connectivity index (χ0n) is 13.4. The number of likely N-dealkylation sites (tertiary alicyclic amines) is 1. The Kier molecular flexibility index (Phi) is 4.23. The van der Waals surface area contributed by atoms with E-state index in [1.54, 1.807) is 0 Å². The molecule has 2 aliphatic rings. The van der Waals surface area contributed by atoms with Crippen LogP contribution in [0.5, 0.6) is 5.75 Å². The third-order valence-corrected chi connectivity index (χ3v) is 5.45. The van der Waals surface area contributed by atoms with Crippen LogP contribution in [-0.2, 0) is 12.0 Å². The Morgan fingerprint density at radius 3 is 2.76 bits per heavy atom. The summed E-state index contributed by atoms with van der Waals surface area (Å²) >= 11 is 0. The summed E-state index contributed by atoms with van der Waals surface area (Å²) < 4.78 is 5.91. The molecule has 116 valence electrons.